The number of nitrogens with one attached hydrogen (secondary N) is 2. The summed E-state index contributed by atoms with van der Waals surface area (Å²) < 4.78 is 26.8. The summed E-state index contributed by atoms with van der Waals surface area (Å²) in [5, 5.41) is 5.94. The molecule has 0 aliphatic heterocycles. The number of carbonyl (C=O) groups is 1. The molecular formula is C16H15ClF2N2O. The highest BCUT2D eigenvalue weighted by atomic mass is 35.5. The topological polar surface area (TPSA) is 41.1 Å². The third kappa shape index (κ3) is 4.51. The summed E-state index contributed by atoms with van der Waals surface area (Å²) in [6.07, 6.45) is 0.0955. The Morgan fingerprint density at radius 1 is 1.05 bits per heavy atom. The minimum Gasteiger partial charge on any atom is -0.321 e. The van der Waals surface area contributed by atoms with Gasteiger partial charge in [0, 0.05) is 24.5 Å². The maximum Gasteiger partial charge on any atom is 0.225 e. The highest BCUT2D eigenvalue weighted by Crippen LogP contribution is 2.18. The van der Waals surface area contributed by atoms with Crippen molar-refractivity contribution in [1.29, 1.82) is 0 Å². The fraction of sp³-hybridized carbons (Fsp3) is 0.188. The normalized spacial score (nSPS) is 10.5. The van der Waals surface area contributed by atoms with Gasteiger partial charge in [-0.25, -0.2) is 8.78 Å². The Balaban J connectivity index is 1.78. The first-order chi connectivity index (χ1) is 10.6. The Bertz CT molecular complexity index is 644. The monoisotopic (exact) mass is 324 g/mol. The minimum absolute atomic E-state index is 0.0955. The SMILES string of the molecule is O=C(CCNCc1ccccc1Cl)Nc1c(F)cccc1F. The molecule has 0 aliphatic carbocycles. The van der Waals surface area contributed by atoms with Crippen LogP contribution in [0.25, 0.3) is 0 Å². The van der Waals surface area contributed by atoms with Crippen molar-refractivity contribution in [2.45, 2.75) is 13.0 Å². The molecule has 0 unspecified atom stereocenters. The zero-order valence-electron chi connectivity index (χ0n) is 11.7. The van der Waals surface area contributed by atoms with Gasteiger partial charge in [-0.05, 0) is 23.8 Å². The van der Waals surface area contributed by atoms with Crippen LogP contribution in [0.1, 0.15) is 12.0 Å². The van der Waals surface area contributed by atoms with Crippen LogP contribution >= 0.6 is 11.6 Å². The maximum absolute atomic E-state index is 13.4. The van der Waals surface area contributed by atoms with Gasteiger partial charge in [-0.2, -0.15) is 0 Å². The van der Waals surface area contributed by atoms with Crippen molar-refractivity contribution in [2.75, 3.05) is 11.9 Å². The number of hydrogen-bond acceptors (Lipinski definition) is 2. The molecule has 0 aliphatic rings. The van der Waals surface area contributed by atoms with Crippen molar-refractivity contribution in [2.24, 2.45) is 0 Å². The van der Waals surface area contributed by atoms with E-state index in [1.807, 2.05) is 18.2 Å². The van der Waals surface area contributed by atoms with Crippen LogP contribution in [0.3, 0.4) is 0 Å². The Hall–Kier alpha value is -1.98. The summed E-state index contributed by atoms with van der Waals surface area (Å²) in [7, 11) is 0. The van der Waals surface area contributed by atoms with E-state index in [-0.39, 0.29) is 6.42 Å². The van der Waals surface area contributed by atoms with Gasteiger partial charge in [-0.3, -0.25) is 4.79 Å². The van der Waals surface area contributed by atoms with Crippen molar-refractivity contribution >= 4 is 23.2 Å². The number of para-hydroxylation sites is 1. The third-order valence-electron chi connectivity index (χ3n) is 3.03. The predicted molar refractivity (Wildman–Crippen MR) is 82.8 cm³/mol. The number of rotatable bonds is 6. The molecule has 0 saturated heterocycles. The van der Waals surface area contributed by atoms with Gasteiger partial charge in [0.1, 0.15) is 17.3 Å². The maximum atomic E-state index is 13.4. The first-order valence-electron chi connectivity index (χ1n) is 6.76. The molecule has 1 amide bonds. The van der Waals surface area contributed by atoms with Gasteiger partial charge < -0.3 is 10.6 Å². The van der Waals surface area contributed by atoms with Crippen LogP contribution in [0, 0.1) is 11.6 Å². The van der Waals surface area contributed by atoms with E-state index in [1.54, 1.807) is 6.07 Å². The fourth-order valence-corrected chi connectivity index (χ4v) is 2.09. The molecule has 0 atom stereocenters. The van der Waals surface area contributed by atoms with E-state index in [0.717, 1.165) is 17.7 Å². The molecule has 0 heterocycles. The Morgan fingerprint density at radius 3 is 2.41 bits per heavy atom. The molecule has 2 aromatic rings. The van der Waals surface area contributed by atoms with E-state index in [9.17, 15) is 13.6 Å². The standard InChI is InChI=1S/C16H15ClF2N2O/c17-12-5-2-1-4-11(12)10-20-9-8-15(22)21-16-13(18)6-3-7-14(16)19/h1-7,20H,8-10H2,(H,21,22). The molecule has 2 rings (SSSR count). The average molecular weight is 325 g/mol. The lowest BCUT2D eigenvalue weighted by Crippen LogP contribution is -2.22. The lowest BCUT2D eigenvalue weighted by Gasteiger charge is -2.09. The Labute approximate surface area is 132 Å². The van der Waals surface area contributed by atoms with Gasteiger partial charge in [-0.1, -0.05) is 35.9 Å². The van der Waals surface area contributed by atoms with Gasteiger partial charge in [0.05, 0.1) is 0 Å². The molecular weight excluding hydrogens is 310 g/mol. The molecule has 0 spiro atoms. The van der Waals surface area contributed by atoms with Crippen LogP contribution in [0.4, 0.5) is 14.5 Å². The lowest BCUT2D eigenvalue weighted by atomic mass is 10.2. The second-order valence-electron chi connectivity index (χ2n) is 4.66. The Kier molecular flexibility index (Phi) is 5.86. The summed E-state index contributed by atoms with van der Waals surface area (Å²) in [5.74, 6) is -2.05. The van der Waals surface area contributed by atoms with Gasteiger partial charge >= 0.3 is 0 Å². The van der Waals surface area contributed by atoms with Crippen LogP contribution in [-0.2, 0) is 11.3 Å². The molecule has 0 saturated carbocycles. The van der Waals surface area contributed by atoms with E-state index in [1.165, 1.54) is 6.07 Å². The molecule has 3 nitrogen and oxygen atoms in total. The molecule has 2 aromatic carbocycles. The van der Waals surface area contributed by atoms with Crippen LogP contribution < -0.4 is 10.6 Å². The number of carbonyl (C=O) groups excluding carboxylic acids is 1. The molecule has 0 aromatic heterocycles. The summed E-state index contributed by atoms with van der Waals surface area (Å²) in [5.41, 5.74) is 0.503. The summed E-state index contributed by atoms with van der Waals surface area (Å²) >= 11 is 6.01. The molecule has 6 heteroatoms. The smallest absolute Gasteiger partial charge is 0.225 e. The van der Waals surface area contributed by atoms with E-state index in [4.69, 9.17) is 11.6 Å². The molecule has 22 heavy (non-hydrogen) atoms. The first kappa shape index (κ1) is 16.4. The third-order valence-corrected chi connectivity index (χ3v) is 3.40. The zero-order chi connectivity index (χ0) is 15.9. The van der Waals surface area contributed by atoms with Gasteiger partial charge in [0.15, 0.2) is 0 Å². The van der Waals surface area contributed by atoms with Crippen LogP contribution in [0.2, 0.25) is 5.02 Å². The van der Waals surface area contributed by atoms with Crippen LogP contribution in [0.5, 0.6) is 0 Å². The first-order valence-corrected chi connectivity index (χ1v) is 7.13. The van der Waals surface area contributed by atoms with E-state index < -0.39 is 23.2 Å². The van der Waals surface area contributed by atoms with Crippen LogP contribution in [0.15, 0.2) is 42.5 Å². The molecule has 116 valence electrons. The molecule has 0 fully saturated rings. The molecule has 0 bridgehead atoms. The van der Waals surface area contributed by atoms with Crippen molar-refractivity contribution in [3.8, 4) is 0 Å². The van der Waals surface area contributed by atoms with Crippen molar-refractivity contribution in [1.82, 2.24) is 5.32 Å². The predicted octanol–water partition coefficient (Wildman–Crippen LogP) is 3.74. The number of hydrogen-bond donors (Lipinski definition) is 2. The fourth-order valence-electron chi connectivity index (χ4n) is 1.89. The largest absolute Gasteiger partial charge is 0.321 e. The van der Waals surface area contributed by atoms with Gasteiger partial charge in [0.2, 0.25) is 5.91 Å². The van der Waals surface area contributed by atoms with E-state index in [2.05, 4.69) is 10.6 Å². The van der Waals surface area contributed by atoms with Crippen molar-refractivity contribution < 1.29 is 13.6 Å². The van der Waals surface area contributed by atoms with Gasteiger partial charge in [-0.15, -0.1) is 0 Å². The second-order valence-corrected chi connectivity index (χ2v) is 5.07. The molecule has 2 N–H and O–H groups in total. The van der Waals surface area contributed by atoms with Crippen LogP contribution in [-0.4, -0.2) is 12.5 Å². The summed E-state index contributed by atoms with van der Waals surface area (Å²) in [6, 6.07) is 10.8. The lowest BCUT2D eigenvalue weighted by molar-refractivity contribution is -0.116. The summed E-state index contributed by atoms with van der Waals surface area (Å²) in [4.78, 5) is 11.7. The number of amides is 1. The highest BCUT2D eigenvalue weighted by Gasteiger charge is 2.11. The van der Waals surface area contributed by atoms with E-state index in [0.29, 0.717) is 18.1 Å². The highest BCUT2D eigenvalue weighted by molar-refractivity contribution is 6.31. The summed E-state index contributed by atoms with van der Waals surface area (Å²) in [6.45, 7) is 0.883. The quantitative estimate of drug-likeness (QED) is 0.795. The minimum atomic E-state index is -0.794. The average Bonchev–Trinajstić information content (AvgIpc) is 2.49. The number of benzene rings is 2. The second kappa shape index (κ2) is 7.87. The Morgan fingerprint density at radius 2 is 1.73 bits per heavy atom. The van der Waals surface area contributed by atoms with Gasteiger partial charge in [0.25, 0.3) is 0 Å². The van der Waals surface area contributed by atoms with Crippen molar-refractivity contribution in [3.63, 3.8) is 0 Å². The molecule has 0 radical (unpaired) electrons. The number of anilines is 1. The van der Waals surface area contributed by atoms with Crippen molar-refractivity contribution in [3.05, 3.63) is 64.7 Å². The van der Waals surface area contributed by atoms with E-state index >= 15 is 0 Å². The number of halogens is 3. The zero-order valence-corrected chi connectivity index (χ0v) is 12.5.